The number of ether oxygens (including phenoxy) is 3. The van der Waals surface area contributed by atoms with E-state index in [0.717, 1.165) is 56.3 Å². The lowest BCUT2D eigenvalue weighted by Gasteiger charge is -2.30. The van der Waals surface area contributed by atoms with Crippen LogP contribution in [0.2, 0.25) is 0 Å². The van der Waals surface area contributed by atoms with E-state index < -0.39 is 0 Å². The second-order valence-electron chi connectivity index (χ2n) is 6.52. The third-order valence-corrected chi connectivity index (χ3v) is 4.41. The van der Waals surface area contributed by atoms with Gasteiger partial charge in [-0.15, -0.1) is 0 Å². The molecule has 5 heteroatoms. The van der Waals surface area contributed by atoms with Crippen molar-refractivity contribution in [1.29, 1.82) is 0 Å². The molecule has 0 aromatic heterocycles. The maximum Gasteiger partial charge on any atom is 0.124 e. The van der Waals surface area contributed by atoms with Crippen LogP contribution in [0, 0.1) is 0 Å². The topological polar surface area (TPSA) is 43.0 Å². The number of hydrogen-bond donors (Lipinski definition) is 1. The van der Waals surface area contributed by atoms with Crippen molar-refractivity contribution < 1.29 is 14.2 Å². The quantitative estimate of drug-likeness (QED) is 0.866. The van der Waals surface area contributed by atoms with Crippen LogP contribution in [0.25, 0.3) is 0 Å². The molecule has 0 bridgehead atoms. The molecule has 0 radical (unpaired) electrons. The second kappa shape index (κ2) is 7.51. The van der Waals surface area contributed by atoms with Gasteiger partial charge in [-0.25, -0.2) is 0 Å². The molecule has 0 amide bonds. The third-order valence-electron chi connectivity index (χ3n) is 4.41. The molecule has 128 valence electrons. The lowest BCUT2D eigenvalue weighted by molar-refractivity contribution is -0.0182. The van der Waals surface area contributed by atoms with Gasteiger partial charge in [0.15, 0.2) is 0 Å². The minimum atomic E-state index is 0.258. The molecule has 1 aromatic carbocycles. The van der Waals surface area contributed by atoms with E-state index in [1.54, 1.807) is 0 Å². The zero-order valence-electron chi connectivity index (χ0n) is 14.4. The van der Waals surface area contributed by atoms with Crippen LogP contribution in [0.4, 0.5) is 0 Å². The van der Waals surface area contributed by atoms with E-state index in [-0.39, 0.29) is 12.2 Å². The second-order valence-corrected chi connectivity index (χ2v) is 6.52. The molecule has 0 unspecified atom stereocenters. The minimum Gasteiger partial charge on any atom is -0.494 e. The van der Waals surface area contributed by atoms with Crippen molar-refractivity contribution >= 4 is 0 Å². The van der Waals surface area contributed by atoms with E-state index in [0.29, 0.717) is 6.61 Å². The van der Waals surface area contributed by atoms with E-state index in [2.05, 4.69) is 36.3 Å². The summed E-state index contributed by atoms with van der Waals surface area (Å²) in [6.07, 6.45) is 1.48. The van der Waals surface area contributed by atoms with E-state index in [9.17, 15) is 0 Å². The summed E-state index contributed by atoms with van der Waals surface area (Å²) in [5.74, 6) is 1.98. The number of nitrogens with zero attached hydrogens (tertiary/aromatic N) is 1. The lowest BCUT2D eigenvalue weighted by atomic mass is 10.1. The van der Waals surface area contributed by atoms with Crippen molar-refractivity contribution in [1.82, 2.24) is 10.2 Å². The van der Waals surface area contributed by atoms with Gasteiger partial charge in [-0.05, 0) is 33.0 Å². The molecule has 5 nitrogen and oxygen atoms in total. The number of benzene rings is 1. The SMILES string of the molecule is CCOc1cc2c(cc1CNC[C@@H]1CN(C)CCO1)O[C@H](C)C2. The number of likely N-dealkylation sites (N-methyl/N-ethyl adjacent to an activating group) is 1. The Morgan fingerprint density at radius 1 is 1.39 bits per heavy atom. The molecule has 2 aliphatic heterocycles. The fourth-order valence-electron chi connectivity index (χ4n) is 3.27. The minimum absolute atomic E-state index is 0.258. The highest BCUT2D eigenvalue weighted by Gasteiger charge is 2.22. The molecule has 1 fully saturated rings. The summed E-state index contributed by atoms with van der Waals surface area (Å²) in [5, 5.41) is 3.51. The van der Waals surface area contributed by atoms with Gasteiger partial charge < -0.3 is 24.4 Å². The van der Waals surface area contributed by atoms with Gasteiger partial charge in [0.2, 0.25) is 0 Å². The number of fused-ring (bicyclic) bond motifs is 1. The third kappa shape index (κ3) is 4.16. The Balaban J connectivity index is 1.61. The summed E-state index contributed by atoms with van der Waals surface area (Å²) >= 11 is 0. The molecule has 2 atom stereocenters. The first-order valence-corrected chi connectivity index (χ1v) is 8.61. The lowest BCUT2D eigenvalue weighted by Crippen LogP contribution is -2.44. The molecule has 3 rings (SSSR count). The molecule has 0 spiro atoms. The molecule has 1 saturated heterocycles. The predicted octanol–water partition coefficient (Wildman–Crippen LogP) is 1.83. The average molecular weight is 320 g/mol. The monoisotopic (exact) mass is 320 g/mol. The normalized spacial score (nSPS) is 24.3. The van der Waals surface area contributed by atoms with E-state index >= 15 is 0 Å². The molecule has 1 N–H and O–H groups in total. The van der Waals surface area contributed by atoms with Crippen LogP contribution in [0.15, 0.2) is 12.1 Å². The standard InChI is InChI=1S/C18H28N2O3/c1-4-21-17-8-14-7-13(2)23-18(14)9-15(17)10-19-11-16-12-20(3)5-6-22-16/h8-9,13,16,19H,4-7,10-12H2,1-3H3/t13-,16-/m1/s1. The van der Waals surface area contributed by atoms with Crippen molar-refractivity contribution in [3.63, 3.8) is 0 Å². The average Bonchev–Trinajstić information content (AvgIpc) is 2.87. The molecule has 2 aliphatic rings. The van der Waals surface area contributed by atoms with Crippen molar-refractivity contribution in [3.05, 3.63) is 23.3 Å². The Kier molecular flexibility index (Phi) is 5.41. The Hall–Kier alpha value is -1.30. The van der Waals surface area contributed by atoms with Crippen molar-refractivity contribution in [2.24, 2.45) is 0 Å². The fourth-order valence-corrected chi connectivity index (χ4v) is 3.27. The first-order chi connectivity index (χ1) is 11.2. The highest BCUT2D eigenvalue weighted by atomic mass is 16.5. The first-order valence-electron chi connectivity index (χ1n) is 8.61. The summed E-state index contributed by atoms with van der Waals surface area (Å²) in [6.45, 7) is 9.25. The molecular weight excluding hydrogens is 292 g/mol. The van der Waals surface area contributed by atoms with Gasteiger partial charge >= 0.3 is 0 Å². The highest BCUT2D eigenvalue weighted by Crippen LogP contribution is 2.35. The fraction of sp³-hybridized carbons (Fsp3) is 0.667. The van der Waals surface area contributed by atoms with Crippen LogP contribution in [0.1, 0.15) is 25.0 Å². The Labute approximate surface area is 138 Å². The zero-order valence-corrected chi connectivity index (χ0v) is 14.4. The highest BCUT2D eigenvalue weighted by molar-refractivity contribution is 5.48. The van der Waals surface area contributed by atoms with Crippen LogP contribution >= 0.6 is 0 Å². The van der Waals surface area contributed by atoms with Crippen molar-refractivity contribution in [2.45, 2.75) is 39.0 Å². The number of nitrogens with one attached hydrogen (secondary N) is 1. The van der Waals surface area contributed by atoms with Gasteiger partial charge in [-0.3, -0.25) is 0 Å². The first kappa shape index (κ1) is 16.6. The molecule has 0 saturated carbocycles. The predicted molar refractivity (Wildman–Crippen MR) is 90.3 cm³/mol. The van der Waals surface area contributed by atoms with Gasteiger partial charge in [0.05, 0.1) is 19.3 Å². The summed E-state index contributed by atoms with van der Waals surface area (Å²) in [5.41, 5.74) is 2.41. The van der Waals surface area contributed by atoms with Gasteiger partial charge in [0.25, 0.3) is 0 Å². The molecule has 1 aromatic rings. The smallest absolute Gasteiger partial charge is 0.124 e. The van der Waals surface area contributed by atoms with Gasteiger partial charge in [-0.1, -0.05) is 0 Å². The van der Waals surface area contributed by atoms with Gasteiger partial charge in [0.1, 0.15) is 17.6 Å². The van der Waals surface area contributed by atoms with Crippen LogP contribution in [-0.4, -0.2) is 57.0 Å². The number of morpholine rings is 1. The maximum atomic E-state index is 5.88. The number of rotatable bonds is 6. The largest absolute Gasteiger partial charge is 0.494 e. The Morgan fingerprint density at radius 2 is 2.26 bits per heavy atom. The van der Waals surface area contributed by atoms with Crippen LogP contribution < -0.4 is 14.8 Å². The van der Waals surface area contributed by atoms with Crippen molar-refractivity contribution in [2.75, 3.05) is 39.9 Å². The molecule has 23 heavy (non-hydrogen) atoms. The Bertz CT molecular complexity index is 535. The van der Waals surface area contributed by atoms with Gasteiger partial charge in [0, 0.05) is 43.7 Å². The molecular formula is C18H28N2O3. The number of hydrogen-bond acceptors (Lipinski definition) is 5. The van der Waals surface area contributed by atoms with E-state index in [1.165, 1.54) is 5.56 Å². The van der Waals surface area contributed by atoms with E-state index in [4.69, 9.17) is 14.2 Å². The zero-order chi connectivity index (χ0) is 16.2. The summed E-state index contributed by atoms with van der Waals surface area (Å²) in [6, 6.07) is 4.27. The van der Waals surface area contributed by atoms with Crippen molar-refractivity contribution in [3.8, 4) is 11.5 Å². The van der Waals surface area contributed by atoms with Gasteiger partial charge in [-0.2, -0.15) is 0 Å². The maximum absolute atomic E-state index is 5.88. The van der Waals surface area contributed by atoms with Crippen LogP contribution in [0.3, 0.4) is 0 Å². The summed E-state index contributed by atoms with van der Waals surface area (Å²) in [4.78, 5) is 2.31. The van der Waals surface area contributed by atoms with Crippen LogP contribution in [-0.2, 0) is 17.7 Å². The molecule has 0 aliphatic carbocycles. The van der Waals surface area contributed by atoms with E-state index in [1.807, 2.05) is 6.92 Å². The van der Waals surface area contributed by atoms with Crippen LogP contribution in [0.5, 0.6) is 11.5 Å². The summed E-state index contributed by atoms with van der Waals surface area (Å²) in [7, 11) is 2.14. The Morgan fingerprint density at radius 3 is 3.04 bits per heavy atom. The summed E-state index contributed by atoms with van der Waals surface area (Å²) < 4.78 is 17.5. The molecule has 2 heterocycles.